The van der Waals surface area contributed by atoms with Crippen LogP contribution in [0.15, 0.2) is 24.3 Å². The van der Waals surface area contributed by atoms with Crippen molar-refractivity contribution >= 4 is 5.91 Å². The van der Waals surface area contributed by atoms with Gasteiger partial charge in [0.25, 0.3) is 0 Å². The Kier molecular flexibility index (Phi) is 3.76. The molecule has 2 rings (SSSR count). The van der Waals surface area contributed by atoms with Crippen LogP contribution in [-0.4, -0.2) is 23.9 Å². The van der Waals surface area contributed by atoms with Crippen molar-refractivity contribution in [2.24, 2.45) is 5.84 Å². The van der Waals surface area contributed by atoms with E-state index in [9.17, 15) is 4.79 Å². The summed E-state index contributed by atoms with van der Waals surface area (Å²) in [6.45, 7) is 0.980. The van der Waals surface area contributed by atoms with Gasteiger partial charge in [0.05, 0.1) is 6.42 Å². The molecule has 1 aliphatic carbocycles. The van der Waals surface area contributed by atoms with Crippen LogP contribution in [0.2, 0.25) is 0 Å². The molecule has 3 N–H and O–H groups in total. The summed E-state index contributed by atoms with van der Waals surface area (Å²) >= 11 is 0. The predicted octanol–water partition coefficient (Wildman–Crippen LogP) is 0.813. The molecule has 1 aromatic rings. The Morgan fingerprint density at radius 2 is 1.94 bits per heavy atom. The van der Waals surface area contributed by atoms with E-state index < -0.39 is 0 Å². The minimum atomic E-state index is -0.159. The Balaban J connectivity index is 1.90. The summed E-state index contributed by atoms with van der Waals surface area (Å²) in [6, 6.07) is 8.92. The number of benzene rings is 1. The van der Waals surface area contributed by atoms with Gasteiger partial charge >= 0.3 is 0 Å². The van der Waals surface area contributed by atoms with Gasteiger partial charge in [-0.15, -0.1) is 0 Å². The van der Waals surface area contributed by atoms with Crippen LogP contribution in [0.1, 0.15) is 24.0 Å². The van der Waals surface area contributed by atoms with Gasteiger partial charge in [-0.2, -0.15) is 0 Å². The van der Waals surface area contributed by atoms with Crippen molar-refractivity contribution in [1.82, 2.24) is 10.3 Å². The number of carbonyl (C=O) groups excluding carboxylic acids is 1. The van der Waals surface area contributed by atoms with Crippen molar-refractivity contribution in [2.45, 2.75) is 31.8 Å². The van der Waals surface area contributed by atoms with Gasteiger partial charge in [-0.05, 0) is 31.0 Å². The predicted molar refractivity (Wildman–Crippen MR) is 67.0 cm³/mol. The van der Waals surface area contributed by atoms with E-state index in [1.807, 2.05) is 12.1 Å². The van der Waals surface area contributed by atoms with Crippen LogP contribution in [0.5, 0.6) is 0 Å². The molecule has 4 nitrogen and oxygen atoms in total. The average Bonchev–Trinajstić information content (AvgIpc) is 3.15. The van der Waals surface area contributed by atoms with Gasteiger partial charge < -0.3 is 0 Å². The van der Waals surface area contributed by atoms with E-state index in [1.165, 1.54) is 18.4 Å². The van der Waals surface area contributed by atoms with E-state index in [0.29, 0.717) is 6.42 Å². The fraction of sp³-hybridized carbons (Fsp3) is 0.462. The second-order valence-electron chi connectivity index (χ2n) is 4.71. The third-order valence-corrected chi connectivity index (χ3v) is 3.15. The van der Waals surface area contributed by atoms with Crippen LogP contribution < -0.4 is 11.3 Å². The third kappa shape index (κ3) is 3.54. The number of hydrogen-bond acceptors (Lipinski definition) is 3. The first-order chi connectivity index (χ1) is 8.19. The van der Waals surface area contributed by atoms with E-state index in [-0.39, 0.29) is 5.91 Å². The van der Waals surface area contributed by atoms with Crippen molar-refractivity contribution < 1.29 is 4.79 Å². The van der Waals surface area contributed by atoms with E-state index in [2.05, 4.69) is 29.5 Å². The molecule has 0 saturated heterocycles. The summed E-state index contributed by atoms with van der Waals surface area (Å²) in [7, 11) is 2.16. The van der Waals surface area contributed by atoms with Gasteiger partial charge in [0, 0.05) is 12.6 Å². The number of nitrogens with zero attached hydrogens (tertiary/aromatic N) is 1. The first kappa shape index (κ1) is 12.1. The number of amides is 1. The molecule has 0 spiro atoms. The topological polar surface area (TPSA) is 58.4 Å². The van der Waals surface area contributed by atoms with Crippen molar-refractivity contribution in [3.8, 4) is 0 Å². The van der Waals surface area contributed by atoms with Gasteiger partial charge in [-0.25, -0.2) is 5.84 Å². The highest BCUT2D eigenvalue weighted by Gasteiger charge is 2.25. The molecular formula is C13H19N3O. The van der Waals surface area contributed by atoms with E-state index in [1.54, 1.807) is 0 Å². The molecule has 0 bridgehead atoms. The second kappa shape index (κ2) is 5.29. The van der Waals surface area contributed by atoms with E-state index in [0.717, 1.165) is 18.2 Å². The monoisotopic (exact) mass is 233 g/mol. The van der Waals surface area contributed by atoms with Crippen LogP contribution in [-0.2, 0) is 17.8 Å². The largest absolute Gasteiger partial charge is 0.299 e. The molecule has 0 atom stereocenters. The number of rotatable bonds is 5. The Morgan fingerprint density at radius 1 is 1.35 bits per heavy atom. The molecule has 1 aliphatic rings. The molecule has 1 aromatic carbocycles. The fourth-order valence-corrected chi connectivity index (χ4v) is 1.93. The quantitative estimate of drug-likeness (QED) is 0.449. The van der Waals surface area contributed by atoms with Crippen LogP contribution >= 0.6 is 0 Å². The van der Waals surface area contributed by atoms with Crippen molar-refractivity contribution in [3.05, 3.63) is 35.4 Å². The van der Waals surface area contributed by atoms with Crippen LogP contribution in [0, 0.1) is 0 Å². The Morgan fingerprint density at radius 3 is 2.47 bits per heavy atom. The van der Waals surface area contributed by atoms with Gasteiger partial charge in [0.1, 0.15) is 0 Å². The highest BCUT2D eigenvalue weighted by atomic mass is 16.2. The summed E-state index contributed by atoms with van der Waals surface area (Å²) in [5.74, 6) is 4.89. The zero-order valence-electron chi connectivity index (χ0n) is 10.1. The lowest BCUT2D eigenvalue weighted by molar-refractivity contribution is -0.120. The lowest BCUT2D eigenvalue weighted by Gasteiger charge is -2.15. The van der Waals surface area contributed by atoms with Crippen LogP contribution in [0.25, 0.3) is 0 Å². The number of hydrogen-bond donors (Lipinski definition) is 2. The molecule has 0 aromatic heterocycles. The Hall–Kier alpha value is -1.39. The molecule has 1 fully saturated rings. The molecule has 0 aliphatic heterocycles. The maximum absolute atomic E-state index is 11.1. The molecule has 0 radical (unpaired) electrons. The highest BCUT2D eigenvalue weighted by molar-refractivity contribution is 5.77. The summed E-state index contributed by atoms with van der Waals surface area (Å²) in [5.41, 5.74) is 4.42. The SMILES string of the molecule is CN(Cc1ccc(CC(=O)NN)cc1)C1CC1. The number of nitrogens with two attached hydrogens (primary N) is 1. The lowest BCUT2D eigenvalue weighted by atomic mass is 10.1. The zero-order valence-corrected chi connectivity index (χ0v) is 10.1. The summed E-state index contributed by atoms with van der Waals surface area (Å²) in [6.07, 6.45) is 2.99. The van der Waals surface area contributed by atoms with Crippen molar-refractivity contribution in [2.75, 3.05) is 7.05 Å². The van der Waals surface area contributed by atoms with Crippen molar-refractivity contribution in [3.63, 3.8) is 0 Å². The van der Waals surface area contributed by atoms with Crippen LogP contribution in [0.4, 0.5) is 0 Å². The van der Waals surface area contributed by atoms with E-state index in [4.69, 9.17) is 5.84 Å². The molecule has 4 heteroatoms. The molecule has 17 heavy (non-hydrogen) atoms. The maximum atomic E-state index is 11.1. The smallest absolute Gasteiger partial charge is 0.238 e. The Bertz CT molecular complexity index is 384. The molecule has 0 unspecified atom stereocenters. The van der Waals surface area contributed by atoms with Crippen LogP contribution in [0.3, 0.4) is 0 Å². The minimum Gasteiger partial charge on any atom is -0.299 e. The number of carbonyl (C=O) groups is 1. The van der Waals surface area contributed by atoms with Gasteiger partial charge in [-0.1, -0.05) is 24.3 Å². The average molecular weight is 233 g/mol. The lowest BCUT2D eigenvalue weighted by Crippen LogP contribution is -2.31. The first-order valence-corrected chi connectivity index (χ1v) is 5.96. The number of hydrazine groups is 1. The molecule has 92 valence electrons. The van der Waals surface area contributed by atoms with Crippen molar-refractivity contribution in [1.29, 1.82) is 0 Å². The second-order valence-corrected chi connectivity index (χ2v) is 4.71. The molecule has 1 amide bonds. The summed E-state index contributed by atoms with van der Waals surface area (Å²) in [5, 5.41) is 0. The molecular weight excluding hydrogens is 214 g/mol. The standard InChI is InChI=1S/C13H19N3O/c1-16(12-6-7-12)9-11-4-2-10(3-5-11)8-13(17)15-14/h2-5,12H,6-9,14H2,1H3,(H,15,17). The van der Waals surface area contributed by atoms with Gasteiger partial charge in [0.15, 0.2) is 0 Å². The zero-order chi connectivity index (χ0) is 12.3. The molecule has 1 saturated carbocycles. The van der Waals surface area contributed by atoms with Gasteiger partial charge in [-0.3, -0.25) is 15.1 Å². The first-order valence-electron chi connectivity index (χ1n) is 5.96. The summed E-state index contributed by atoms with van der Waals surface area (Å²) in [4.78, 5) is 13.5. The summed E-state index contributed by atoms with van der Waals surface area (Å²) < 4.78 is 0. The molecule has 0 heterocycles. The fourth-order valence-electron chi connectivity index (χ4n) is 1.93. The minimum absolute atomic E-state index is 0.159. The van der Waals surface area contributed by atoms with Gasteiger partial charge in [0.2, 0.25) is 5.91 Å². The van der Waals surface area contributed by atoms with E-state index >= 15 is 0 Å². The number of nitrogens with one attached hydrogen (secondary N) is 1. The third-order valence-electron chi connectivity index (χ3n) is 3.15. The normalized spacial score (nSPS) is 15.0. The maximum Gasteiger partial charge on any atom is 0.238 e. The highest BCUT2D eigenvalue weighted by Crippen LogP contribution is 2.26. The Labute approximate surface area is 102 Å².